The average Bonchev–Trinajstić information content (AvgIpc) is 1.62. The molecule has 0 fully saturated rings. The summed E-state index contributed by atoms with van der Waals surface area (Å²) in [6.07, 6.45) is -14.8. The zero-order valence-corrected chi connectivity index (χ0v) is 17.9. The van der Waals surface area contributed by atoms with Crippen molar-refractivity contribution in [2.75, 3.05) is 0 Å². The van der Waals surface area contributed by atoms with Crippen molar-refractivity contribution in [2.45, 2.75) is 0 Å². The first-order valence-electron chi connectivity index (χ1n) is 2.88. The smallest absolute Gasteiger partial charge is 0.322 e. The maximum atomic E-state index is 9.30. The maximum Gasteiger partial charge on any atom is 0.377 e. The molecule has 0 radical (unpaired) electrons. The van der Waals surface area contributed by atoms with E-state index in [9.17, 15) is 18.3 Å². The molecule has 21 heavy (non-hydrogen) atoms. The van der Waals surface area contributed by atoms with Crippen LogP contribution in [-0.2, 0) is 18.3 Å². The van der Waals surface area contributed by atoms with Crippen LogP contribution in [0.2, 0.25) is 0 Å². The SMILES string of the molecule is O=P(O)(Cl)Cl.O=P(O)(Cl)Cl.O=P(O)(Cl)Cl.O=P(O)(Cl)Cl.[SiH4]. The van der Waals surface area contributed by atoms with Gasteiger partial charge in [0, 0.05) is 0 Å². The summed E-state index contributed by atoms with van der Waals surface area (Å²) in [6, 6.07) is 0. The highest BCUT2D eigenvalue weighted by Crippen LogP contribution is 2.52. The van der Waals surface area contributed by atoms with Crippen LogP contribution in [0.5, 0.6) is 0 Å². The van der Waals surface area contributed by atoms with Crippen molar-refractivity contribution in [1.82, 2.24) is 0 Å². The van der Waals surface area contributed by atoms with Crippen LogP contribution in [0.4, 0.5) is 0 Å². The molecule has 0 unspecified atom stereocenters. The molecule has 0 aromatic heterocycles. The monoisotopic (exact) mass is 568 g/mol. The van der Waals surface area contributed by atoms with Crippen LogP contribution >= 0.6 is 114 Å². The Hall–Kier alpha value is 3.30. The molecule has 0 saturated heterocycles. The Bertz CT molecular complexity index is 301. The first-order chi connectivity index (χ1) is 8.00. The van der Waals surface area contributed by atoms with Crippen LogP contribution in [0.25, 0.3) is 0 Å². The Morgan fingerprint density at radius 2 is 0.429 bits per heavy atom. The molecule has 0 aromatic rings. The van der Waals surface area contributed by atoms with Crippen LogP contribution in [0, 0.1) is 0 Å². The van der Waals surface area contributed by atoms with E-state index >= 15 is 0 Å². The van der Waals surface area contributed by atoms with E-state index in [1.807, 2.05) is 0 Å². The minimum Gasteiger partial charge on any atom is -0.322 e. The molecule has 0 saturated carbocycles. The molecule has 4 N–H and O–H groups in total. The molecule has 8 nitrogen and oxygen atoms in total. The molecule has 0 aliphatic heterocycles. The fourth-order valence-corrected chi connectivity index (χ4v) is 0. The third-order valence-electron chi connectivity index (χ3n) is 0. The lowest BCUT2D eigenvalue weighted by Gasteiger charge is -1.77. The molecule has 0 aliphatic rings. The van der Waals surface area contributed by atoms with Gasteiger partial charge < -0.3 is 19.6 Å². The Kier molecular flexibility index (Phi) is 26.2. The Labute approximate surface area is 162 Å². The third-order valence-corrected chi connectivity index (χ3v) is 0. The number of halogens is 8. The first kappa shape index (κ1) is 35.4. The zero-order chi connectivity index (χ0) is 18.0. The van der Waals surface area contributed by atoms with Crippen molar-refractivity contribution in [3.63, 3.8) is 0 Å². The van der Waals surface area contributed by atoms with E-state index in [0.29, 0.717) is 0 Å². The molecule has 0 aliphatic carbocycles. The van der Waals surface area contributed by atoms with Gasteiger partial charge in [0.15, 0.2) is 0 Å². The Balaban J connectivity index is -0.0000000533. The van der Waals surface area contributed by atoms with Crippen LogP contribution in [0.15, 0.2) is 0 Å². The lowest BCUT2D eigenvalue weighted by Crippen LogP contribution is -1.39. The van der Waals surface area contributed by atoms with Crippen molar-refractivity contribution in [2.24, 2.45) is 0 Å². The fourth-order valence-electron chi connectivity index (χ4n) is 0. The van der Waals surface area contributed by atoms with E-state index in [1.165, 1.54) is 0 Å². The second-order valence-electron chi connectivity index (χ2n) is 1.74. The second kappa shape index (κ2) is 15.5. The van der Waals surface area contributed by atoms with Crippen molar-refractivity contribution >= 4 is 125 Å². The van der Waals surface area contributed by atoms with E-state index in [0.717, 1.165) is 0 Å². The summed E-state index contributed by atoms with van der Waals surface area (Å²) in [4.78, 5) is 30.4. The van der Waals surface area contributed by atoms with E-state index in [2.05, 4.69) is 89.9 Å². The molecule has 0 heterocycles. The van der Waals surface area contributed by atoms with Gasteiger partial charge in [0.25, 0.3) is 0 Å². The molecular weight excluding hydrogens is 564 g/mol. The van der Waals surface area contributed by atoms with E-state index in [4.69, 9.17) is 19.6 Å². The molecule has 0 rings (SSSR count). The highest BCUT2D eigenvalue weighted by atomic mass is 35.9. The van der Waals surface area contributed by atoms with Gasteiger partial charge in [-0.3, -0.25) is 18.3 Å². The Morgan fingerprint density at radius 1 is 0.429 bits per heavy atom. The molecule has 0 amide bonds. The summed E-state index contributed by atoms with van der Waals surface area (Å²) in [5, 5.41) is 0. The fraction of sp³-hybridized carbons (Fsp3) is 0. The van der Waals surface area contributed by atoms with Gasteiger partial charge in [0.2, 0.25) is 0 Å². The summed E-state index contributed by atoms with van der Waals surface area (Å²) in [5.41, 5.74) is 0. The average molecular weight is 572 g/mol. The molecule has 21 heteroatoms. The summed E-state index contributed by atoms with van der Waals surface area (Å²) >= 11 is 35.3. The number of hydrogen-bond acceptors (Lipinski definition) is 4. The molecule has 136 valence electrons. The molecule has 0 spiro atoms. The van der Waals surface area contributed by atoms with Crippen molar-refractivity contribution in [1.29, 1.82) is 0 Å². The standard InChI is InChI=1S/4Cl2HO2P.H4Si/c4*1-5(2,3)4;/h4*(H,3,4);1H4. The number of rotatable bonds is 0. The largest absolute Gasteiger partial charge is 0.377 e. The van der Waals surface area contributed by atoms with Gasteiger partial charge in [0.1, 0.15) is 0 Å². The van der Waals surface area contributed by atoms with Crippen LogP contribution in [-0.4, -0.2) is 30.5 Å². The molecule has 0 bridgehead atoms. The van der Waals surface area contributed by atoms with Gasteiger partial charge in [-0.15, -0.1) is 0 Å². The van der Waals surface area contributed by atoms with Gasteiger partial charge in [-0.25, -0.2) is 0 Å². The van der Waals surface area contributed by atoms with Crippen LogP contribution < -0.4 is 0 Å². The van der Waals surface area contributed by atoms with Gasteiger partial charge in [-0.2, -0.15) is 0 Å². The van der Waals surface area contributed by atoms with Crippen LogP contribution in [0.3, 0.4) is 0 Å². The van der Waals surface area contributed by atoms with E-state index < -0.39 is 24.3 Å². The van der Waals surface area contributed by atoms with Gasteiger partial charge >= 0.3 is 24.3 Å². The van der Waals surface area contributed by atoms with Crippen molar-refractivity contribution < 1.29 is 37.8 Å². The highest BCUT2D eigenvalue weighted by Gasteiger charge is 2.03. The first-order valence-corrected chi connectivity index (χ1v) is 16.8. The summed E-state index contributed by atoms with van der Waals surface area (Å²) in [6.45, 7) is 0. The topological polar surface area (TPSA) is 149 Å². The lowest BCUT2D eigenvalue weighted by atomic mass is 15.9. The van der Waals surface area contributed by atoms with Gasteiger partial charge in [-0.1, -0.05) is 0 Å². The second-order valence-corrected chi connectivity index (χ2v) is 18.3. The number of hydrogen-bond donors (Lipinski definition) is 4. The zero-order valence-electron chi connectivity index (χ0n) is 8.23. The Morgan fingerprint density at radius 3 is 0.429 bits per heavy atom. The van der Waals surface area contributed by atoms with E-state index in [-0.39, 0.29) is 11.0 Å². The van der Waals surface area contributed by atoms with Crippen LogP contribution in [0.1, 0.15) is 0 Å². The predicted molar refractivity (Wildman–Crippen MR) is 97.5 cm³/mol. The summed E-state index contributed by atoms with van der Waals surface area (Å²) < 4.78 is 37.2. The maximum absolute atomic E-state index is 9.30. The predicted octanol–water partition coefficient (Wildman–Crippen LogP) is 4.81. The minimum absolute atomic E-state index is 0. The highest BCUT2D eigenvalue weighted by molar-refractivity contribution is 8.05. The van der Waals surface area contributed by atoms with Crippen molar-refractivity contribution in [3.8, 4) is 0 Å². The summed E-state index contributed by atoms with van der Waals surface area (Å²) in [5.74, 6) is 0. The van der Waals surface area contributed by atoms with Crippen molar-refractivity contribution in [3.05, 3.63) is 0 Å². The molecular formula is H8Cl8O8P4Si. The molecule has 0 atom stereocenters. The van der Waals surface area contributed by atoms with E-state index in [1.54, 1.807) is 0 Å². The van der Waals surface area contributed by atoms with Gasteiger partial charge in [-0.05, 0) is 101 Å². The molecule has 0 aromatic carbocycles. The lowest BCUT2D eigenvalue weighted by molar-refractivity contribution is 0.510. The minimum atomic E-state index is -3.69. The van der Waals surface area contributed by atoms with Gasteiger partial charge in [0.05, 0.1) is 0 Å². The summed E-state index contributed by atoms with van der Waals surface area (Å²) in [7, 11) is 0. The third kappa shape index (κ3) is 972. The quantitative estimate of drug-likeness (QED) is 0.239. The normalized spacial score (nSPS) is 11.2.